The predicted molar refractivity (Wildman–Crippen MR) is 97.2 cm³/mol. The van der Waals surface area contributed by atoms with Crippen LogP contribution in [0, 0.1) is 6.92 Å². The fourth-order valence-corrected chi connectivity index (χ4v) is 2.42. The summed E-state index contributed by atoms with van der Waals surface area (Å²) in [4.78, 5) is 27.7. The third-order valence-electron chi connectivity index (χ3n) is 3.61. The van der Waals surface area contributed by atoms with Crippen LogP contribution in [0.3, 0.4) is 0 Å². The zero-order valence-corrected chi connectivity index (χ0v) is 15.9. The Kier molecular flexibility index (Phi) is 10.6. The number of hydrogen-bond acceptors (Lipinski definition) is 7. The largest absolute Gasteiger partial charge is 0.383 e. The van der Waals surface area contributed by atoms with Gasteiger partial charge in [0.25, 0.3) is 0 Å². The topological polar surface area (TPSA) is 114 Å². The van der Waals surface area contributed by atoms with Crippen molar-refractivity contribution in [1.29, 1.82) is 0 Å². The molecule has 0 aromatic carbocycles. The van der Waals surface area contributed by atoms with Crippen LogP contribution in [0.4, 0.5) is 5.82 Å². The molecule has 0 spiro atoms. The van der Waals surface area contributed by atoms with E-state index in [0.717, 1.165) is 0 Å². The van der Waals surface area contributed by atoms with E-state index < -0.39 is 6.04 Å². The van der Waals surface area contributed by atoms with E-state index in [1.165, 1.54) is 7.11 Å². The molecule has 1 unspecified atom stereocenters. The summed E-state index contributed by atoms with van der Waals surface area (Å²) in [5.74, 6) is 0.773. The highest BCUT2D eigenvalue weighted by atomic mass is 35.5. The van der Waals surface area contributed by atoms with E-state index in [9.17, 15) is 9.59 Å². The third-order valence-corrected chi connectivity index (χ3v) is 3.61. The zero-order chi connectivity index (χ0) is 16.8. The van der Waals surface area contributed by atoms with Crippen molar-refractivity contribution in [2.45, 2.75) is 13.0 Å². The van der Waals surface area contributed by atoms with Gasteiger partial charge in [0.2, 0.25) is 11.8 Å². The first-order valence-electron chi connectivity index (χ1n) is 7.48. The van der Waals surface area contributed by atoms with Crippen molar-refractivity contribution >= 4 is 42.4 Å². The maximum Gasteiger partial charge on any atom is 0.241 e. The second kappa shape index (κ2) is 11.3. The minimum absolute atomic E-state index is 0. The molecule has 1 saturated heterocycles. The number of nitrogens with two attached hydrogens (primary N) is 1. The lowest BCUT2D eigenvalue weighted by atomic mass is 10.2. The molecule has 0 aliphatic carbocycles. The maximum absolute atomic E-state index is 12.1. The lowest BCUT2D eigenvalue weighted by Gasteiger charge is -2.35. The van der Waals surface area contributed by atoms with E-state index in [1.54, 1.807) is 17.9 Å². The van der Waals surface area contributed by atoms with Crippen LogP contribution in [0.5, 0.6) is 0 Å². The summed E-state index contributed by atoms with van der Waals surface area (Å²) < 4.78 is 9.79. The van der Waals surface area contributed by atoms with E-state index in [0.29, 0.717) is 37.8 Å². The van der Waals surface area contributed by atoms with Gasteiger partial charge in [0.05, 0.1) is 13.2 Å². The van der Waals surface area contributed by atoms with Gasteiger partial charge in [0, 0.05) is 39.4 Å². The molecule has 1 aromatic heterocycles. The molecule has 1 fully saturated rings. The van der Waals surface area contributed by atoms with Crippen molar-refractivity contribution in [2.24, 2.45) is 5.73 Å². The number of carbonyl (C=O) groups is 2. The predicted octanol–water partition coefficient (Wildman–Crippen LogP) is -0.117. The Hall–Kier alpha value is -1.39. The van der Waals surface area contributed by atoms with Crippen LogP contribution in [0.1, 0.15) is 5.76 Å². The van der Waals surface area contributed by atoms with Gasteiger partial charge in [-0.15, -0.1) is 24.8 Å². The number of nitrogens with one attached hydrogen (secondary N) is 1. The molecule has 1 aliphatic heterocycles. The number of nitrogens with zero attached hydrogens (tertiary/aromatic N) is 3. The Morgan fingerprint density at radius 3 is 2.52 bits per heavy atom. The second-order valence-corrected chi connectivity index (χ2v) is 5.53. The van der Waals surface area contributed by atoms with Crippen molar-refractivity contribution in [1.82, 2.24) is 15.0 Å². The van der Waals surface area contributed by atoms with Gasteiger partial charge in [-0.1, -0.05) is 5.16 Å². The number of piperazine rings is 1. The first-order valence-corrected chi connectivity index (χ1v) is 7.48. The Morgan fingerprint density at radius 2 is 2.00 bits per heavy atom. The smallest absolute Gasteiger partial charge is 0.241 e. The Morgan fingerprint density at radius 1 is 1.36 bits per heavy atom. The quantitative estimate of drug-likeness (QED) is 0.687. The van der Waals surface area contributed by atoms with Gasteiger partial charge in [-0.05, 0) is 6.92 Å². The highest BCUT2D eigenvalue weighted by Gasteiger charge is 2.26. The molecule has 144 valence electrons. The van der Waals surface area contributed by atoms with E-state index in [-0.39, 0.29) is 49.8 Å². The van der Waals surface area contributed by atoms with Crippen LogP contribution in [-0.4, -0.2) is 79.3 Å². The van der Waals surface area contributed by atoms with Crippen molar-refractivity contribution in [3.05, 3.63) is 11.8 Å². The highest BCUT2D eigenvalue weighted by molar-refractivity contribution is 5.91. The lowest BCUT2D eigenvalue weighted by Crippen LogP contribution is -2.55. The molecule has 0 radical (unpaired) electrons. The zero-order valence-electron chi connectivity index (χ0n) is 14.3. The Labute approximate surface area is 159 Å². The number of halogens is 2. The van der Waals surface area contributed by atoms with Crippen molar-refractivity contribution in [3.8, 4) is 0 Å². The molecule has 1 aliphatic rings. The lowest BCUT2D eigenvalue weighted by molar-refractivity contribution is -0.135. The first-order chi connectivity index (χ1) is 11.0. The van der Waals surface area contributed by atoms with E-state index in [4.69, 9.17) is 15.0 Å². The Balaban J connectivity index is 0.00000288. The van der Waals surface area contributed by atoms with Crippen LogP contribution in [0.2, 0.25) is 0 Å². The Bertz CT molecular complexity index is 549. The highest BCUT2D eigenvalue weighted by Crippen LogP contribution is 2.08. The molecule has 0 bridgehead atoms. The molecule has 2 rings (SSSR count). The summed E-state index contributed by atoms with van der Waals surface area (Å²) in [6, 6.07) is 1.02. The number of anilines is 1. The summed E-state index contributed by atoms with van der Waals surface area (Å²) in [7, 11) is 1.51. The molecule has 3 N–H and O–H groups in total. The summed E-state index contributed by atoms with van der Waals surface area (Å²) in [5, 5.41) is 6.39. The van der Waals surface area contributed by atoms with Gasteiger partial charge in [0.1, 0.15) is 11.8 Å². The number of aryl methyl sites for hydroxylation is 1. The normalized spacial score (nSPS) is 15.7. The number of rotatable bonds is 6. The van der Waals surface area contributed by atoms with Crippen molar-refractivity contribution in [2.75, 3.05) is 51.8 Å². The fourth-order valence-electron chi connectivity index (χ4n) is 2.42. The van der Waals surface area contributed by atoms with Gasteiger partial charge in [-0.3, -0.25) is 14.5 Å². The molecule has 0 saturated carbocycles. The molecule has 2 amide bonds. The van der Waals surface area contributed by atoms with Gasteiger partial charge < -0.3 is 25.2 Å². The van der Waals surface area contributed by atoms with Gasteiger partial charge >= 0.3 is 0 Å². The number of ether oxygens (including phenoxy) is 1. The van der Waals surface area contributed by atoms with Crippen LogP contribution in [0.15, 0.2) is 10.6 Å². The molecule has 11 heteroatoms. The minimum Gasteiger partial charge on any atom is -0.383 e. The van der Waals surface area contributed by atoms with E-state index in [2.05, 4.69) is 10.5 Å². The molecular weight excluding hydrogens is 373 g/mol. The number of hydrogen-bond donors (Lipinski definition) is 2. The monoisotopic (exact) mass is 397 g/mol. The molecule has 1 aromatic rings. The molecule has 2 heterocycles. The van der Waals surface area contributed by atoms with E-state index >= 15 is 0 Å². The van der Waals surface area contributed by atoms with Gasteiger partial charge in [-0.2, -0.15) is 0 Å². The number of carbonyl (C=O) groups excluding carboxylic acids is 2. The van der Waals surface area contributed by atoms with Gasteiger partial charge in [0.15, 0.2) is 5.82 Å². The molecular formula is C14H25Cl2N5O4. The summed E-state index contributed by atoms with van der Waals surface area (Å²) >= 11 is 0. The average molecular weight is 398 g/mol. The fraction of sp³-hybridized carbons (Fsp3) is 0.643. The van der Waals surface area contributed by atoms with E-state index in [1.807, 2.05) is 4.90 Å². The van der Waals surface area contributed by atoms with Crippen LogP contribution in [-0.2, 0) is 14.3 Å². The summed E-state index contributed by atoms with van der Waals surface area (Å²) in [6.45, 7) is 4.55. The van der Waals surface area contributed by atoms with Crippen molar-refractivity contribution in [3.63, 3.8) is 0 Å². The van der Waals surface area contributed by atoms with Crippen LogP contribution in [0.25, 0.3) is 0 Å². The molecule has 9 nitrogen and oxygen atoms in total. The van der Waals surface area contributed by atoms with Gasteiger partial charge in [-0.25, -0.2) is 0 Å². The summed E-state index contributed by atoms with van der Waals surface area (Å²) in [5.41, 5.74) is 5.75. The van der Waals surface area contributed by atoms with Crippen LogP contribution < -0.4 is 11.1 Å². The summed E-state index contributed by atoms with van der Waals surface area (Å²) in [6.07, 6.45) is 0. The number of methoxy groups -OCH3 is 1. The molecule has 25 heavy (non-hydrogen) atoms. The number of aromatic nitrogens is 1. The standard InChI is InChI=1S/C14H23N5O4.2ClH/c1-10-7-12(17-23-10)16-13(20)8-18-3-5-19(6-4-18)14(21)11(15)9-22-2;;/h7,11H,3-6,8-9,15H2,1-2H3,(H,16,17,20);2*1H. The number of amides is 2. The maximum atomic E-state index is 12.1. The minimum atomic E-state index is -0.634. The van der Waals surface area contributed by atoms with Crippen molar-refractivity contribution < 1.29 is 18.8 Å². The SMILES string of the molecule is COCC(N)C(=O)N1CCN(CC(=O)Nc2cc(C)on2)CC1.Cl.Cl. The first kappa shape index (κ1) is 23.6. The van der Waals surface area contributed by atoms with Crippen LogP contribution >= 0.6 is 24.8 Å². The second-order valence-electron chi connectivity index (χ2n) is 5.53. The third kappa shape index (κ3) is 7.17. The molecule has 1 atom stereocenters. The average Bonchev–Trinajstić information content (AvgIpc) is 2.92.